The lowest BCUT2D eigenvalue weighted by Gasteiger charge is -2.16. The van der Waals surface area contributed by atoms with Crippen molar-refractivity contribution in [3.05, 3.63) is 42.9 Å². The van der Waals surface area contributed by atoms with Gasteiger partial charge >= 0.3 is 6.16 Å². The first-order chi connectivity index (χ1) is 15.6. The van der Waals surface area contributed by atoms with E-state index in [1.165, 1.54) is 13.4 Å². The van der Waals surface area contributed by atoms with Gasteiger partial charge in [0.2, 0.25) is 5.75 Å². The molecule has 0 aliphatic carbocycles. The lowest BCUT2D eigenvalue weighted by Crippen LogP contribution is -2.10. The summed E-state index contributed by atoms with van der Waals surface area (Å²) in [5, 5.41) is 0. The fourth-order valence-corrected chi connectivity index (χ4v) is 3.15. The average Bonchev–Trinajstić information content (AvgIpc) is 2.83. The minimum Gasteiger partial charge on any atom is -0.493 e. The summed E-state index contributed by atoms with van der Waals surface area (Å²) in [6, 6.07) is 8.77. The summed E-state index contributed by atoms with van der Waals surface area (Å²) in [4.78, 5) is 20.5. The van der Waals surface area contributed by atoms with Crippen molar-refractivity contribution in [3.8, 4) is 51.1 Å². The second kappa shape index (κ2) is 10.3. The second-order valence-electron chi connectivity index (χ2n) is 6.35. The Labute approximate surface area is 185 Å². The molecule has 1 aromatic heterocycles. The van der Waals surface area contributed by atoms with Crippen molar-refractivity contribution in [2.75, 3.05) is 35.0 Å². The summed E-state index contributed by atoms with van der Waals surface area (Å²) in [5.74, 6) is 2.06. The van der Waals surface area contributed by atoms with E-state index >= 15 is 0 Å². The van der Waals surface area contributed by atoms with Gasteiger partial charge < -0.3 is 28.4 Å². The molecule has 0 atom stereocenters. The molecule has 0 unspecified atom stereocenters. The molecule has 0 amide bonds. The molecule has 0 fully saturated rings. The van der Waals surface area contributed by atoms with Gasteiger partial charge in [-0.25, -0.2) is 14.8 Å². The Kier molecular flexibility index (Phi) is 7.33. The van der Waals surface area contributed by atoms with Gasteiger partial charge in [-0.1, -0.05) is 6.07 Å². The smallest absolute Gasteiger partial charge is 0.493 e. The Balaban J connectivity index is 2.13. The van der Waals surface area contributed by atoms with E-state index in [4.69, 9.17) is 28.4 Å². The van der Waals surface area contributed by atoms with Crippen LogP contribution in [0, 0.1) is 0 Å². The molecule has 0 spiro atoms. The Hall–Kier alpha value is -4.01. The molecule has 0 saturated carbocycles. The van der Waals surface area contributed by atoms with E-state index in [2.05, 4.69) is 9.97 Å². The van der Waals surface area contributed by atoms with Gasteiger partial charge in [0.25, 0.3) is 0 Å². The minimum atomic E-state index is -0.822. The summed E-state index contributed by atoms with van der Waals surface area (Å²) < 4.78 is 31.8. The molecule has 3 rings (SSSR count). The van der Waals surface area contributed by atoms with Crippen LogP contribution in [-0.4, -0.2) is 51.2 Å². The highest BCUT2D eigenvalue weighted by Crippen LogP contribution is 2.43. The quantitative estimate of drug-likeness (QED) is 0.373. The van der Waals surface area contributed by atoms with Crippen LogP contribution in [0.2, 0.25) is 0 Å². The molecule has 32 heavy (non-hydrogen) atoms. The maximum absolute atomic E-state index is 11.9. The lowest BCUT2D eigenvalue weighted by atomic mass is 9.99. The van der Waals surface area contributed by atoms with Crippen LogP contribution in [0.5, 0.6) is 28.7 Å². The summed E-state index contributed by atoms with van der Waals surface area (Å²) >= 11 is 0. The number of methoxy groups -OCH3 is 4. The SMILES string of the molecule is CCOC(=O)Oc1cc(-c2cncnc2-c2cc(OC)c(OC)c(OC)c2)ccc1OC. The molecule has 0 aliphatic heterocycles. The number of hydrogen-bond donors (Lipinski definition) is 0. The molecule has 0 bridgehead atoms. The third-order valence-electron chi connectivity index (χ3n) is 4.58. The number of ether oxygens (including phenoxy) is 6. The zero-order valence-corrected chi connectivity index (χ0v) is 18.5. The topological polar surface area (TPSA) is 98.2 Å². The zero-order valence-electron chi connectivity index (χ0n) is 18.5. The highest BCUT2D eigenvalue weighted by Gasteiger charge is 2.19. The third-order valence-corrected chi connectivity index (χ3v) is 4.58. The van der Waals surface area contributed by atoms with Gasteiger partial charge in [0.1, 0.15) is 6.33 Å². The third kappa shape index (κ3) is 4.66. The molecule has 0 N–H and O–H groups in total. The normalized spacial score (nSPS) is 10.3. The van der Waals surface area contributed by atoms with Crippen molar-refractivity contribution in [2.24, 2.45) is 0 Å². The van der Waals surface area contributed by atoms with Crippen LogP contribution in [0.4, 0.5) is 4.79 Å². The van der Waals surface area contributed by atoms with Crippen LogP contribution in [0.3, 0.4) is 0 Å². The number of aromatic nitrogens is 2. The van der Waals surface area contributed by atoms with Crippen LogP contribution in [0.15, 0.2) is 42.9 Å². The average molecular weight is 440 g/mol. The maximum Gasteiger partial charge on any atom is 0.513 e. The predicted octanol–water partition coefficient (Wildman–Crippen LogP) is 4.38. The van der Waals surface area contributed by atoms with Crippen molar-refractivity contribution < 1.29 is 33.2 Å². The second-order valence-corrected chi connectivity index (χ2v) is 6.35. The van der Waals surface area contributed by atoms with Crippen LogP contribution in [-0.2, 0) is 4.74 Å². The van der Waals surface area contributed by atoms with Crippen LogP contribution >= 0.6 is 0 Å². The van der Waals surface area contributed by atoms with Gasteiger partial charge in [0.15, 0.2) is 23.0 Å². The fourth-order valence-electron chi connectivity index (χ4n) is 3.15. The summed E-state index contributed by atoms with van der Waals surface area (Å²) in [7, 11) is 6.12. The standard InChI is InChI=1S/C23H24N2O7/c1-6-31-23(26)32-18-9-14(7-8-17(18)27-2)16-12-24-13-25-21(16)15-10-19(28-3)22(30-5)20(11-15)29-4/h7-13H,6H2,1-5H3. The fraction of sp³-hybridized carbons (Fsp3) is 0.261. The summed E-state index contributed by atoms with van der Waals surface area (Å²) in [6.45, 7) is 1.89. The molecule has 0 radical (unpaired) electrons. The molecular weight excluding hydrogens is 416 g/mol. The van der Waals surface area contributed by atoms with E-state index in [9.17, 15) is 4.79 Å². The molecule has 2 aromatic carbocycles. The molecular formula is C23H24N2O7. The zero-order chi connectivity index (χ0) is 23.1. The summed E-state index contributed by atoms with van der Waals surface area (Å²) in [5.41, 5.74) is 2.74. The molecule has 9 nitrogen and oxygen atoms in total. The number of benzene rings is 2. The van der Waals surface area contributed by atoms with E-state index in [0.29, 0.717) is 39.8 Å². The first-order valence-corrected chi connectivity index (χ1v) is 9.69. The van der Waals surface area contributed by atoms with Gasteiger partial charge in [-0.2, -0.15) is 0 Å². The van der Waals surface area contributed by atoms with E-state index in [1.54, 1.807) is 58.7 Å². The summed E-state index contributed by atoms with van der Waals surface area (Å²) in [6.07, 6.45) is 2.29. The predicted molar refractivity (Wildman–Crippen MR) is 117 cm³/mol. The highest BCUT2D eigenvalue weighted by molar-refractivity contribution is 5.83. The van der Waals surface area contributed by atoms with Crippen LogP contribution < -0.4 is 23.7 Å². The van der Waals surface area contributed by atoms with E-state index in [0.717, 1.165) is 5.56 Å². The first kappa shape index (κ1) is 22.7. The molecule has 1 heterocycles. The Morgan fingerprint density at radius 3 is 2.09 bits per heavy atom. The minimum absolute atomic E-state index is 0.193. The molecule has 168 valence electrons. The van der Waals surface area contributed by atoms with E-state index < -0.39 is 6.16 Å². The van der Waals surface area contributed by atoms with Crippen molar-refractivity contribution in [2.45, 2.75) is 6.92 Å². The number of carbonyl (C=O) groups excluding carboxylic acids is 1. The Morgan fingerprint density at radius 2 is 1.50 bits per heavy atom. The van der Waals surface area contributed by atoms with Crippen molar-refractivity contribution in [1.82, 2.24) is 9.97 Å². The highest BCUT2D eigenvalue weighted by atomic mass is 16.7. The van der Waals surface area contributed by atoms with Crippen LogP contribution in [0.25, 0.3) is 22.4 Å². The first-order valence-electron chi connectivity index (χ1n) is 9.69. The Bertz CT molecular complexity index is 1080. The number of hydrogen-bond acceptors (Lipinski definition) is 9. The van der Waals surface area contributed by atoms with Gasteiger partial charge in [-0.05, 0) is 36.8 Å². The number of carbonyl (C=O) groups is 1. The lowest BCUT2D eigenvalue weighted by molar-refractivity contribution is 0.103. The molecule has 9 heteroatoms. The maximum atomic E-state index is 11.9. The molecule has 0 aliphatic rings. The van der Waals surface area contributed by atoms with E-state index in [-0.39, 0.29) is 12.4 Å². The van der Waals surface area contributed by atoms with Crippen molar-refractivity contribution in [3.63, 3.8) is 0 Å². The van der Waals surface area contributed by atoms with E-state index in [1.807, 2.05) is 6.07 Å². The number of nitrogens with zero attached hydrogens (tertiary/aromatic N) is 2. The number of rotatable bonds is 8. The monoisotopic (exact) mass is 440 g/mol. The van der Waals surface area contributed by atoms with Gasteiger partial charge in [-0.3, -0.25) is 0 Å². The van der Waals surface area contributed by atoms with Crippen molar-refractivity contribution in [1.29, 1.82) is 0 Å². The Morgan fingerprint density at radius 1 is 0.844 bits per heavy atom. The van der Waals surface area contributed by atoms with Crippen LogP contribution in [0.1, 0.15) is 6.92 Å². The van der Waals surface area contributed by atoms with Crippen molar-refractivity contribution >= 4 is 6.16 Å². The molecule has 0 saturated heterocycles. The van der Waals surface area contributed by atoms with Gasteiger partial charge in [0, 0.05) is 17.3 Å². The largest absolute Gasteiger partial charge is 0.513 e. The van der Waals surface area contributed by atoms with Gasteiger partial charge in [-0.15, -0.1) is 0 Å². The molecule has 3 aromatic rings. The van der Waals surface area contributed by atoms with Gasteiger partial charge in [0.05, 0.1) is 40.7 Å².